The molecular weight excluding hydrogens is 254 g/mol. The smallest absolute Gasteiger partial charge is 0.241 e. The van der Waals surface area contributed by atoms with E-state index >= 15 is 0 Å². The highest BCUT2D eigenvalue weighted by Gasteiger charge is 2.15. The molecule has 1 aromatic rings. The Morgan fingerprint density at radius 1 is 1.40 bits per heavy atom. The molecular formula is C15H21N3O2. The van der Waals surface area contributed by atoms with Crippen LogP contribution in [-0.4, -0.2) is 43.1 Å². The third kappa shape index (κ3) is 3.97. The topological polar surface area (TPSA) is 67.6 Å². The van der Waals surface area contributed by atoms with Crippen LogP contribution in [0.15, 0.2) is 18.2 Å². The van der Waals surface area contributed by atoms with Crippen molar-refractivity contribution in [2.45, 2.75) is 20.0 Å². The Bertz CT molecular complexity index is 506. The van der Waals surface area contributed by atoms with Gasteiger partial charge in [0.05, 0.1) is 24.4 Å². The molecule has 0 fully saturated rings. The molecule has 108 valence electrons. The standard InChI is InChI=1S/C15H21N3O2/c1-4-7-18(10-15(20)17(2)3)14-6-5-12(11-19)8-13(14)9-16/h5-6,8,19H,4,7,10-11H2,1-3H3. The van der Waals surface area contributed by atoms with Gasteiger partial charge in [0.1, 0.15) is 6.07 Å². The molecule has 1 amide bonds. The number of aliphatic hydroxyl groups excluding tert-OH is 1. The molecule has 0 atom stereocenters. The van der Waals surface area contributed by atoms with Gasteiger partial charge in [-0.05, 0) is 24.1 Å². The zero-order valence-corrected chi connectivity index (χ0v) is 12.3. The van der Waals surface area contributed by atoms with Crippen LogP contribution in [0.2, 0.25) is 0 Å². The molecule has 0 unspecified atom stereocenters. The lowest BCUT2D eigenvalue weighted by Gasteiger charge is -2.26. The largest absolute Gasteiger partial charge is 0.392 e. The first-order valence-electron chi connectivity index (χ1n) is 6.62. The number of carbonyl (C=O) groups is 1. The zero-order chi connectivity index (χ0) is 15.1. The van der Waals surface area contributed by atoms with E-state index in [0.717, 1.165) is 12.1 Å². The van der Waals surface area contributed by atoms with Gasteiger partial charge in [-0.1, -0.05) is 13.0 Å². The van der Waals surface area contributed by atoms with E-state index in [1.807, 2.05) is 11.8 Å². The molecule has 0 aliphatic heterocycles. The fourth-order valence-corrected chi connectivity index (χ4v) is 1.91. The summed E-state index contributed by atoms with van der Waals surface area (Å²) in [4.78, 5) is 15.3. The van der Waals surface area contributed by atoms with Crippen LogP contribution >= 0.6 is 0 Å². The number of anilines is 1. The first kappa shape index (κ1) is 16.0. The van der Waals surface area contributed by atoms with Crippen LogP contribution in [0.5, 0.6) is 0 Å². The number of hydrogen-bond donors (Lipinski definition) is 1. The lowest BCUT2D eigenvalue weighted by Crippen LogP contribution is -2.37. The molecule has 0 spiro atoms. The molecule has 0 radical (unpaired) electrons. The highest BCUT2D eigenvalue weighted by atomic mass is 16.3. The maximum absolute atomic E-state index is 11.9. The Labute approximate surface area is 120 Å². The second-order valence-electron chi connectivity index (χ2n) is 4.83. The van der Waals surface area contributed by atoms with Crippen molar-refractivity contribution < 1.29 is 9.90 Å². The van der Waals surface area contributed by atoms with Crippen molar-refractivity contribution in [2.24, 2.45) is 0 Å². The highest BCUT2D eigenvalue weighted by Crippen LogP contribution is 2.22. The molecule has 1 N–H and O–H groups in total. The summed E-state index contributed by atoms with van der Waals surface area (Å²) in [5.74, 6) is -0.00595. The van der Waals surface area contributed by atoms with Gasteiger partial charge in [0, 0.05) is 20.6 Å². The molecule has 0 aliphatic rings. The molecule has 5 nitrogen and oxygen atoms in total. The Morgan fingerprint density at radius 3 is 2.60 bits per heavy atom. The Kier molecular flexibility index (Phi) is 6.01. The minimum absolute atomic E-state index is 0.00595. The normalized spacial score (nSPS) is 9.95. The molecule has 1 rings (SSSR count). The second-order valence-corrected chi connectivity index (χ2v) is 4.83. The first-order chi connectivity index (χ1) is 9.53. The second kappa shape index (κ2) is 7.51. The van der Waals surface area contributed by atoms with E-state index in [1.54, 1.807) is 32.3 Å². The summed E-state index contributed by atoms with van der Waals surface area (Å²) in [5, 5.41) is 18.4. The van der Waals surface area contributed by atoms with Crippen LogP contribution in [0.4, 0.5) is 5.69 Å². The van der Waals surface area contributed by atoms with Gasteiger partial charge in [-0.2, -0.15) is 5.26 Å². The summed E-state index contributed by atoms with van der Waals surface area (Å²) in [6, 6.07) is 7.37. The van der Waals surface area contributed by atoms with Crippen molar-refractivity contribution in [2.75, 3.05) is 32.1 Å². The lowest BCUT2D eigenvalue weighted by molar-refractivity contribution is -0.127. The fraction of sp³-hybridized carbons (Fsp3) is 0.467. The van der Waals surface area contributed by atoms with E-state index in [4.69, 9.17) is 5.11 Å². The predicted molar refractivity (Wildman–Crippen MR) is 78.3 cm³/mol. The number of carbonyl (C=O) groups excluding carboxylic acids is 1. The number of benzene rings is 1. The molecule has 0 saturated carbocycles. The molecule has 1 aromatic carbocycles. The molecule has 5 heteroatoms. The molecule has 0 aromatic heterocycles. The Balaban J connectivity index is 3.08. The van der Waals surface area contributed by atoms with Crippen LogP contribution in [0, 0.1) is 11.3 Å². The monoisotopic (exact) mass is 275 g/mol. The number of rotatable bonds is 6. The third-order valence-corrected chi connectivity index (χ3v) is 3.02. The van der Waals surface area contributed by atoms with Gasteiger partial charge in [-0.15, -0.1) is 0 Å². The average molecular weight is 275 g/mol. The van der Waals surface area contributed by atoms with Gasteiger partial charge in [-0.3, -0.25) is 4.79 Å². The van der Waals surface area contributed by atoms with E-state index in [2.05, 4.69) is 6.07 Å². The van der Waals surface area contributed by atoms with Crippen LogP contribution < -0.4 is 4.90 Å². The van der Waals surface area contributed by atoms with Crippen LogP contribution in [0.3, 0.4) is 0 Å². The van der Waals surface area contributed by atoms with Crippen molar-refractivity contribution in [3.05, 3.63) is 29.3 Å². The van der Waals surface area contributed by atoms with Gasteiger partial charge in [0.2, 0.25) is 5.91 Å². The number of nitrogens with zero attached hydrogens (tertiary/aromatic N) is 3. The molecule has 0 aliphatic carbocycles. The van der Waals surface area contributed by atoms with E-state index < -0.39 is 0 Å². The van der Waals surface area contributed by atoms with Crippen LogP contribution in [0.25, 0.3) is 0 Å². The Morgan fingerprint density at radius 2 is 2.10 bits per heavy atom. The maximum atomic E-state index is 11.9. The van der Waals surface area contributed by atoms with Gasteiger partial charge >= 0.3 is 0 Å². The predicted octanol–water partition coefficient (Wildman–Crippen LogP) is 1.36. The van der Waals surface area contributed by atoms with E-state index in [0.29, 0.717) is 17.7 Å². The zero-order valence-electron chi connectivity index (χ0n) is 12.3. The van der Waals surface area contributed by atoms with Crippen molar-refractivity contribution in [3.63, 3.8) is 0 Å². The number of hydrogen-bond acceptors (Lipinski definition) is 4. The van der Waals surface area contributed by atoms with Gasteiger partial charge in [0.15, 0.2) is 0 Å². The van der Waals surface area contributed by atoms with Crippen LogP contribution in [-0.2, 0) is 11.4 Å². The minimum Gasteiger partial charge on any atom is -0.392 e. The summed E-state index contributed by atoms with van der Waals surface area (Å²) in [5.41, 5.74) is 1.92. The van der Waals surface area contributed by atoms with Gasteiger partial charge in [0.25, 0.3) is 0 Å². The van der Waals surface area contributed by atoms with E-state index in [1.165, 1.54) is 4.90 Å². The fourth-order valence-electron chi connectivity index (χ4n) is 1.91. The van der Waals surface area contributed by atoms with Gasteiger partial charge in [-0.25, -0.2) is 0 Å². The van der Waals surface area contributed by atoms with E-state index in [9.17, 15) is 10.1 Å². The molecule has 0 heterocycles. The molecule has 0 saturated heterocycles. The number of amides is 1. The van der Waals surface area contributed by atoms with Crippen molar-refractivity contribution >= 4 is 11.6 Å². The summed E-state index contributed by atoms with van der Waals surface area (Å²) < 4.78 is 0. The summed E-state index contributed by atoms with van der Waals surface area (Å²) in [6.07, 6.45) is 0.882. The number of nitriles is 1. The van der Waals surface area contributed by atoms with Crippen molar-refractivity contribution in [1.82, 2.24) is 4.90 Å². The number of aliphatic hydroxyl groups is 1. The van der Waals surface area contributed by atoms with Gasteiger partial charge < -0.3 is 14.9 Å². The maximum Gasteiger partial charge on any atom is 0.241 e. The molecule has 0 bridgehead atoms. The lowest BCUT2D eigenvalue weighted by atomic mass is 10.1. The summed E-state index contributed by atoms with van der Waals surface area (Å²) >= 11 is 0. The summed E-state index contributed by atoms with van der Waals surface area (Å²) in [7, 11) is 3.43. The SMILES string of the molecule is CCCN(CC(=O)N(C)C)c1ccc(CO)cc1C#N. The van der Waals surface area contributed by atoms with Crippen molar-refractivity contribution in [1.29, 1.82) is 5.26 Å². The first-order valence-corrected chi connectivity index (χ1v) is 6.62. The number of likely N-dealkylation sites (N-methyl/N-ethyl adjacent to an activating group) is 1. The summed E-state index contributed by atoms with van der Waals surface area (Å²) in [6.45, 7) is 2.88. The minimum atomic E-state index is -0.0979. The Hall–Kier alpha value is -2.06. The highest BCUT2D eigenvalue weighted by molar-refractivity contribution is 5.81. The quantitative estimate of drug-likeness (QED) is 0.851. The molecule has 20 heavy (non-hydrogen) atoms. The van der Waals surface area contributed by atoms with Crippen LogP contribution in [0.1, 0.15) is 24.5 Å². The van der Waals surface area contributed by atoms with Crippen molar-refractivity contribution in [3.8, 4) is 6.07 Å². The third-order valence-electron chi connectivity index (χ3n) is 3.02. The average Bonchev–Trinajstić information content (AvgIpc) is 2.45. The van der Waals surface area contributed by atoms with E-state index in [-0.39, 0.29) is 19.1 Å².